The predicted octanol–water partition coefficient (Wildman–Crippen LogP) is 1.25. The maximum absolute atomic E-state index is 4.44. The topological polar surface area (TPSA) is 66.8 Å². The van der Waals surface area contributed by atoms with Gasteiger partial charge in [-0.3, -0.25) is 15.0 Å². The molecule has 2 aromatic heterocycles. The molecular weight excluding hydrogens is 202 g/mol. The van der Waals surface area contributed by atoms with Gasteiger partial charge in [-0.05, 0) is 6.92 Å². The third kappa shape index (κ3) is 2.73. The predicted molar refractivity (Wildman–Crippen MR) is 61.4 cm³/mol. The van der Waals surface area contributed by atoms with Crippen molar-refractivity contribution in [3.8, 4) is 0 Å². The number of aromatic nitrogens is 4. The molecule has 0 spiro atoms. The molecule has 1 N–H and O–H groups in total. The van der Waals surface area contributed by atoms with Crippen molar-refractivity contribution in [3.63, 3.8) is 0 Å². The highest BCUT2D eigenvalue weighted by Crippen LogP contribution is 1.97. The van der Waals surface area contributed by atoms with E-state index in [-0.39, 0.29) is 0 Å². The van der Waals surface area contributed by atoms with Crippen molar-refractivity contribution in [2.75, 3.05) is 6.54 Å². The molecule has 0 aromatic carbocycles. The zero-order chi connectivity index (χ0) is 11.2. The van der Waals surface area contributed by atoms with Crippen LogP contribution in [0.15, 0.2) is 36.1 Å². The van der Waals surface area contributed by atoms with Gasteiger partial charge in [-0.15, -0.1) is 0 Å². The Kier molecular flexibility index (Phi) is 3.38. The molecule has 16 heavy (non-hydrogen) atoms. The van der Waals surface area contributed by atoms with E-state index in [1.165, 1.54) is 0 Å². The third-order valence-corrected chi connectivity index (χ3v) is 2.22. The lowest BCUT2D eigenvalue weighted by molar-refractivity contribution is 0.932. The summed E-state index contributed by atoms with van der Waals surface area (Å²) in [4.78, 5) is 19.6. The number of nitrogens with one attached hydrogen (secondary N) is 1. The molecule has 2 rings (SSSR count). The van der Waals surface area contributed by atoms with Crippen LogP contribution >= 0.6 is 0 Å². The second-order valence-corrected chi connectivity index (χ2v) is 3.38. The lowest BCUT2D eigenvalue weighted by atomic mass is 10.3. The van der Waals surface area contributed by atoms with Gasteiger partial charge in [0.25, 0.3) is 0 Å². The molecule has 0 radical (unpaired) electrons. The van der Waals surface area contributed by atoms with E-state index in [1.54, 1.807) is 24.9 Å². The summed E-state index contributed by atoms with van der Waals surface area (Å²) in [6, 6.07) is 0. The fourth-order valence-corrected chi connectivity index (χ4v) is 1.33. The van der Waals surface area contributed by atoms with Gasteiger partial charge in [0.15, 0.2) is 0 Å². The summed E-state index contributed by atoms with van der Waals surface area (Å²) >= 11 is 0. The Morgan fingerprint density at radius 1 is 1.31 bits per heavy atom. The molecule has 0 saturated heterocycles. The van der Waals surface area contributed by atoms with Crippen molar-refractivity contribution >= 4 is 5.71 Å². The van der Waals surface area contributed by atoms with Crippen molar-refractivity contribution in [2.24, 2.45) is 4.99 Å². The molecule has 82 valence electrons. The van der Waals surface area contributed by atoms with Crippen LogP contribution in [0.25, 0.3) is 0 Å². The highest BCUT2D eigenvalue weighted by molar-refractivity contribution is 5.96. The second-order valence-electron chi connectivity index (χ2n) is 3.38. The van der Waals surface area contributed by atoms with Gasteiger partial charge < -0.3 is 4.98 Å². The summed E-state index contributed by atoms with van der Waals surface area (Å²) in [6.45, 7) is 2.67. The van der Waals surface area contributed by atoms with E-state index < -0.39 is 0 Å². The Labute approximate surface area is 93.7 Å². The van der Waals surface area contributed by atoms with Crippen LogP contribution in [-0.2, 0) is 6.42 Å². The first-order valence-electron chi connectivity index (χ1n) is 5.11. The first-order valence-corrected chi connectivity index (χ1v) is 5.11. The van der Waals surface area contributed by atoms with E-state index in [1.807, 2.05) is 13.1 Å². The highest BCUT2D eigenvalue weighted by atomic mass is 14.9. The first kappa shape index (κ1) is 10.5. The van der Waals surface area contributed by atoms with E-state index in [9.17, 15) is 0 Å². The molecule has 0 bridgehead atoms. The Hall–Kier alpha value is -2.04. The van der Waals surface area contributed by atoms with Crippen LogP contribution in [-0.4, -0.2) is 32.2 Å². The lowest BCUT2D eigenvalue weighted by Crippen LogP contribution is -2.01. The van der Waals surface area contributed by atoms with Crippen LogP contribution in [0.4, 0.5) is 0 Å². The van der Waals surface area contributed by atoms with E-state index in [0.29, 0.717) is 0 Å². The fourth-order valence-electron chi connectivity index (χ4n) is 1.33. The standard InChI is InChI=1S/C11H13N5/c1-9(11-7-12-4-5-15-11)14-3-2-10-6-13-8-16-10/h4-8H,2-3H2,1H3,(H,13,16). The molecular formula is C11H13N5. The molecule has 5 heteroatoms. The molecule has 0 atom stereocenters. The molecule has 0 aliphatic heterocycles. The number of aromatic amines is 1. The van der Waals surface area contributed by atoms with Crippen LogP contribution < -0.4 is 0 Å². The Balaban J connectivity index is 1.93. The average molecular weight is 215 g/mol. The smallest absolute Gasteiger partial charge is 0.102 e. The van der Waals surface area contributed by atoms with E-state index in [4.69, 9.17) is 0 Å². The summed E-state index contributed by atoms with van der Waals surface area (Å²) in [5.74, 6) is 0. The molecule has 0 fully saturated rings. The maximum atomic E-state index is 4.44. The van der Waals surface area contributed by atoms with Gasteiger partial charge in [0, 0.05) is 37.3 Å². The first-order chi connectivity index (χ1) is 7.86. The minimum Gasteiger partial charge on any atom is -0.348 e. The number of nitrogens with zero attached hydrogens (tertiary/aromatic N) is 4. The van der Waals surface area contributed by atoms with Crippen LogP contribution in [0, 0.1) is 0 Å². The summed E-state index contributed by atoms with van der Waals surface area (Å²) in [6.07, 6.45) is 9.39. The van der Waals surface area contributed by atoms with Gasteiger partial charge in [-0.2, -0.15) is 0 Å². The normalized spacial score (nSPS) is 11.7. The minimum absolute atomic E-state index is 0.727. The van der Waals surface area contributed by atoms with E-state index in [2.05, 4.69) is 24.9 Å². The summed E-state index contributed by atoms with van der Waals surface area (Å²) < 4.78 is 0. The van der Waals surface area contributed by atoms with Gasteiger partial charge >= 0.3 is 0 Å². The van der Waals surface area contributed by atoms with Crippen molar-refractivity contribution < 1.29 is 0 Å². The number of rotatable bonds is 4. The lowest BCUT2D eigenvalue weighted by Gasteiger charge is -1.98. The maximum Gasteiger partial charge on any atom is 0.102 e. The highest BCUT2D eigenvalue weighted by Gasteiger charge is 1.98. The summed E-state index contributed by atoms with van der Waals surface area (Å²) in [7, 11) is 0. The monoisotopic (exact) mass is 215 g/mol. The molecule has 0 unspecified atom stereocenters. The largest absolute Gasteiger partial charge is 0.348 e. The second kappa shape index (κ2) is 5.16. The van der Waals surface area contributed by atoms with Crippen molar-refractivity contribution in [1.82, 2.24) is 19.9 Å². The quantitative estimate of drug-likeness (QED) is 0.780. The van der Waals surface area contributed by atoms with Gasteiger partial charge in [-0.25, -0.2) is 4.98 Å². The Bertz CT molecular complexity index is 446. The number of imidazole rings is 1. The van der Waals surface area contributed by atoms with Crippen LogP contribution in [0.2, 0.25) is 0 Å². The van der Waals surface area contributed by atoms with E-state index >= 15 is 0 Å². The van der Waals surface area contributed by atoms with E-state index in [0.717, 1.165) is 30.1 Å². The van der Waals surface area contributed by atoms with Gasteiger partial charge in [0.1, 0.15) is 5.69 Å². The molecule has 0 aliphatic rings. The average Bonchev–Trinajstić information content (AvgIpc) is 2.83. The number of aliphatic imine (C=N–C) groups is 1. The molecule has 5 nitrogen and oxygen atoms in total. The van der Waals surface area contributed by atoms with Crippen molar-refractivity contribution in [3.05, 3.63) is 42.5 Å². The number of hydrogen-bond donors (Lipinski definition) is 1. The molecule has 0 aliphatic carbocycles. The van der Waals surface area contributed by atoms with Gasteiger partial charge in [-0.1, -0.05) is 0 Å². The number of hydrogen-bond acceptors (Lipinski definition) is 4. The van der Waals surface area contributed by atoms with Crippen LogP contribution in [0.1, 0.15) is 18.3 Å². The van der Waals surface area contributed by atoms with Crippen molar-refractivity contribution in [2.45, 2.75) is 13.3 Å². The molecule has 0 saturated carbocycles. The van der Waals surface area contributed by atoms with Gasteiger partial charge in [0.2, 0.25) is 0 Å². The number of H-pyrrole nitrogens is 1. The summed E-state index contributed by atoms with van der Waals surface area (Å²) in [5, 5.41) is 0. The van der Waals surface area contributed by atoms with Crippen molar-refractivity contribution in [1.29, 1.82) is 0 Å². The fraction of sp³-hybridized carbons (Fsp3) is 0.273. The van der Waals surface area contributed by atoms with Gasteiger partial charge in [0.05, 0.1) is 18.2 Å². The third-order valence-electron chi connectivity index (χ3n) is 2.22. The molecule has 0 amide bonds. The Morgan fingerprint density at radius 2 is 2.25 bits per heavy atom. The molecule has 2 heterocycles. The zero-order valence-corrected chi connectivity index (χ0v) is 9.09. The van der Waals surface area contributed by atoms with Crippen LogP contribution in [0.5, 0.6) is 0 Å². The summed E-state index contributed by atoms with van der Waals surface area (Å²) in [5.41, 5.74) is 2.83. The molecule has 2 aromatic rings. The SMILES string of the molecule is CC(=NCCc1cnc[nH]1)c1cnccn1. The minimum atomic E-state index is 0.727. The van der Waals surface area contributed by atoms with Crippen LogP contribution in [0.3, 0.4) is 0 Å². The Morgan fingerprint density at radius 3 is 2.94 bits per heavy atom. The zero-order valence-electron chi connectivity index (χ0n) is 9.09.